The van der Waals surface area contributed by atoms with E-state index in [0.717, 1.165) is 44.5 Å². The molecule has 27 heavy (non-hydrogen) atoms. The molecule has 2 saturated heterocycles. The number of rotatable bonds is 4. The first-order valence-corrected chi connectivity index (χ1v) is 9.88. The lowest BCUT2D eigenvalue weighted by atomic mass is 9.97. The Balaban J connectivity index is 1.53. The molecule has 0 bridgehead atoms. The van der Waals surface area contributed by atoms with Gasteiger partial charge in [0, 0.05) is 24.8 Å². The second-order valence-electron chi connectivity index (χ2n) is 7.99. The monoisotopic (exact) mass is 383 g/mol. The Bertz CT molecular complexity index is 697. The third-order valence-electron chi connectivity index (χ3n) is 6.08. The Labute approximate surface area is 157 Å². The first-order chi connectivity index (χ1) is 12.9. The molecule has 3 aliphatic rings. The Morgan fingerprint density at radius 3 is 2.56 bits per heavy atom. The van der Waals surface area contributed by atoms with E-state index in [1.807, 2.05) is 0 Å². The van der Waals surface area contributed by atoms with Crippen LogP contribution in [0, 0.1) is 0 Å². The molecule has 2 aliphatic heterocycles. The Kier molecular flexibility index (Phi) is 5.16. The third kappa shape index (κ3) is 4.14. The third-order valence-corrected chi connectivity index (χ3v) is 6.08. The zero-order chi connectivity index (χ0) is 19.0. The van der Waals surface area contributed by atoms with Crippen LogP contribution in [0.3, 0.4) is 0 Å². The number of carbonyl (C=O) groups is 1. The number of likely N-dealkylation sites (tertiary alicyclic amines) is 1. The molecule has 1 aromatic carbocycles. The first-order valence-electron chi connectivity index (χ1n) is 9.88. The molecule has 1 amide bonds. The Morgan fingerprint density at radius 2 is 1.89 bits per heavy atom. The van der Waals surface area contributed by atoms with Gasteiger partial charge in [0.05, 0.1) is 31.9 Å². The molecule has 1 aliphatic carbocycles. The average molecular weight is 383 g/mol. The number of amides is 1. The molecule has 2 heterocycles. The zero-order valence-electron chi connectivity index (χ0n) is 15.3. The topological polar surface area (TPSA) is 42.8 Å². The van der Waals surface area contributed by atoms with Crippen molar-refractivity contribution in [2.45, 2.75) is 56.3 Å². The molecule has 0 radical (unpaired) electrons. The van der Waals surface area contributed by atoms with E-state index in [1.165, 1.54) is 23.8 Å². The number of benzene rings is 1. The van der Waals surface area contributed by atoms with E-state index in [9.17, 15) is 18.0 Å². The molecule has 0 aromatic heterocycles. The van der Waals surface area contributed by atoms with E-state index in [-0.39, 0.29) is 17.9 Å². The molecule has 1 saturated carbocycles. The fourth-order valence-electron chi connectivity index (χ4n) is 4.49. The van der Waals surface area contributed by atoms with E-state index in [2.05, 4.69) is 5.32 Å². The summed E-state index contributed by atoms with van der Waals surface area (Å²) in [6, 6.07) is 3.75. The maximum Gasteiger partial charge on any atom is 0.416 e. The van der Waals surface area contributed by atoms with Crippen LogP contribution in [0.2, 0.25) is 0 Å². The van der Waals surface area contributed by atoms with Crippen LogP contribution in [0.4, 0.5) is 13.2 Å². The Hall–Kier alpha value is -1.60. The molecule has 1 aromatic rings. The van der Waals surface area contributed by atoms with Gasteiger partial charge >= 0.3 is 6.18 Å². The largest absolute Gasteiger partial charge is 0.416 e. The van der Waals surface area contributed by atoms with Crippen molar-refractivity contribution < 1.29 is 27.6 Å². The maximum absolute atomic E-state index is 13.1. The smallest absolute Gasteiger partial charge is 0.379 e. The number of nitrogens with one attached hydrogen (secondary N) is 2. The van der Waals surface area contributed by atoms with Crippen LogP contribution in [-0.2, 0) is 10.9 Å². The summed E-state index contributed by atoms with van der Waals surface area (Å²) in [6.07, 6.45) is 0.613. The number of halogens is 3. The van der Waals surface area contributed by atoms with Crippen molar-refractivity contribution in [3.63, 3.8) is 0 Å². The molecule has 7 heteroatoms. The molecule has 0 spiro atoms. The normalized spacial score (nSPS) is 26.9. The summed E-state index contributed by atoms with van der Waals surface area (Å²) in [4.78, 5) is 14.4. The second kappa shape index (κ2) is 7.43. The van der Waals surface area contributed by atoms with Gasteiger partial charge < -0.3 is 15.0 Å². The minimum Gasteiger partial charge on any atom is -0.379 e. The van der Waals surface area contributed by atoms with E-state index >= 15 is 0 Å². The minimum absolute atomic E-state index is 0.0654. The van der Waals surface area contributed by atoms with Gasteiger partial charge in [-0.1, -0.05) is 0 Å². The minimum atomic E-state index is -4.39. The summed E-state index contributed by atoms with van der Waals surface area (Å²) in [5.41, 5.74) is 0.233. The highest BCUT2D eigenvalue weighted by Gasteiger charge is 2.38. The van der Waals surface area contributed by atoms with Gasteiger partial charge in [0.15, 0.2) is 0 Å². The fraction of sp³-hybridized carbons (Fsp3) is 0.650. The van der Waals surface area contributed by atoms with Gasteiger partial charge in [-0.15, -0.1) is 0 Å². The number of carbonyl (C=O) groups excluding carboxylic acids is 1. The predicted molar refractivity (Wildman–Crippen MR) is 93.8 cm³/mol. The molecule has 3 fully saturated rings. The lowest BCUT2D eigenvalue weighted by molar-refractivity contribution is -0.916. The van der Waals surface area contributed by atoms with Gasteiger partial charge in [-0.05, 0) is 42.5 Å². The van der Waals surface area contributed by atoms with Crippen molar-refractivity contribution in [2.75, 3.05) is 26.3 Å². The van der Waals surface area contributed by atoms with Crippen LogP contribution >= 0.6 is 0 Å². The van der Waals surface area contributed by atoms with Gasteiger partial charge in [-0.2, -0.15) is 13.2 Å². The standard InChI is InChI=1S/C20H25F3N2O2/c21-20(22,23)14-5-6-15(16(11-14)13-3-4-13)19(26)24-17-12-27-10-7-18(17)25-8-1-2-9-25/h5-6,11,13,17-18H,1-4,7-10,12H2,(H,24,26)/p+1. The Morgan fingerprint density at radius 1 is 1.15 bits per heavy atom. The van der Waals surface area contributed by atoms with Crippen molar-refractivity contribution in [2.24, 2.45) is 0 Å². The molecular formula is C20H26F3N2O2+. The van der Waals surface area contributed by atoms with Crippen molar-refractivity contribution in [3.8, 4) is 0 Å². The summed E-state index contributed by atoms with van der Waals surface area (Å²) in [7, 11) is 0. The highest BCUT2D eigenvalue weighted by molar-refractivity contribution is 5.96. The van der Waals surface area contributed by atoms with E-state index in [4.69, 9.17) is 4.74 Å². The van der Waals surface area contributed by atoms with Gasteiger partial charge in [0.2, 0.25) is 0 Å². The zero-order valence-corrected chi connectivity index (χ0v) is 15.3. The second-order valence-corrected chi connectivity index (χ2v) is 7.99. The van der Waals surface area contributed by atoms with Gasteiger partial charge in [0.1, 0.15) is 12.1 Å². The van der Waals surface area contributed by atoms with Crippen molar-refractivity contribution >= 4 is 5.91 Å². The summed E-state index contributed by atoms with van der Waals surface area (Å²) in [5, 5.41) is 3.08. The molecule has 2 atom stereocenters. The van der Waals surface area contributed by atoms with Gasteiger partial charge in [-0.3, -0.25) is 4.79 Å². The molecule has 2 unspecified atom stereocenters. The highest BCUT2D eigenvalue weighted by Crippen LogP contribution is 2.43. The van der Waals surface area contributed by atoms with Crippen LogP contribution in [0.1, 0.15) is 59.5 Å². The van der Waals surface area contributed by atoms with Crippen molar-refractivity contribution in [3.05, 3.63) is 34.9 Å². The van der Waals surface area contributed by atoms with Gasteiger partial charge in [-0.25, -0.2) is 0 Å². The summed E-state index contributed by atoms with van der Waals surface area (Å²) in [6.45, 7) is 3.41. The lowest BCUT2D eigenvalue weighted by Crippen LogP contribution is -3.16. The summed E-state index contributed by atoms with van der Waals surface area (Å²) >= 11 is 0. The highest BCUT2D eigenvalue weighted by atomic mass is 19.4. The lowest BCUT2D eigenvalue weighted by Gasteiger charge is -2.35. The number of hydrogen-bond donors (Lipinski definition) is 2. The average Bonchev–Trinajstić information content (AvgIpc) is 3.35. The van der Waals surface area contributed by atoms with Gasteiger partial charge in [0.25, 0.3) is 5.91 Å². The molecule has 2 N–H and O–H groups in total. The molecule has 4 rings (SSSR count). The van der Waals surface area contributed by atoms with Crippen LogP contribution in [0.25, 0.3) is 0 Å². The number of ether oxygens (including phenoxy) is 1. The molecule has 4 nitrogen and oxygen atoms in total. The summed E-state index contributed by atoms with van der Waals surface area (Å²) < 4.78 is 44.8. The predicted octanol–water partition coefficient (Wildman–Crippen LogP) is 2.15. The van der Waals surface area contributed by atoms with E-state index in [1.54, 1.807) is 0 Å². The number of hydrogen-bond acceptors (Lipinski definition) is 2. The van der Waals surface area contributed by atoms with Crippen molar-refractivity contribution in [1.29, 1.82) is 0 Å². The van der Waals surface area contributed by atoms with Crippen molar-refractivity contribution in [1.82, 2.24) is 5.32 Å². The molecule has 148 valence electrons. The van der Waals surface area contributed by atoms with Crippen LogP contribution in [0.15, 0.2) is 18.2 Å². The quantitative estimate of drug-likeness (QED) is 0.837. The summed E-state index contributed by atoms with van der Waals surface area (Å²) in [5.74, 6) is -0.208. The van der Waals surface area contributed by atoms with Crippen LogP contribution in [0.5, 0.6) is 0 Å². The van der Waals surface area contributed by atoms with Crippen LogP contribution < -0.4 is 10.2 Å². The number of quaternary nitrogens is 1. The van der Waals surface area contributed by atoms with Crippen LogP contribution in [-0.4, -0.2) is 44.3 Å². The van der Waals surface area contributed by atoms with E-state index < -0.39 is 11.7 Å². The fourth-order valence-corrected chi connectivity index (χ4v) is 4.49. The SMILES string of the molecule is O=C(NC1COCCC1[NH+]1CCCC1)c1ccc(C(F)(F)F)cc1C1CC1. The molecular weight excluding hydrogens is 357 g/mol. The first kappa shape index (κ1) is 18.7. The van der Waals surface area contributed by atoms with E-state index in [0.29, 0.717) is 30.4 Å². The maximum atomic E-state index is 13.1. The number of alkyl halides is 3.